The molecule has 1 aromatic rings. The second-order valence-electron chi connectivity index (χ2n) is 4.63. The number of carbonyl (C=O) groups is 2. The number of carboxylic acids is 1. The third kappa shape index (κ3) is 2.78. The molecule has 1 aliphatic rings. The van der Waals surface area contributed by atoms with E-state index in [1.165, 1.54) is 17.0 Å². The van der Waals surface area contributed by atoms with Gasteiger partial charge in [0.2, 0.25) is 0 Å². The second kappa shape index (κ2) is 5.17. The van der Waals surface area contributed by atoms with E-state index in [1.807, 2.05) is 0 Å². The molecule has 2 rings (SSSR count). The minimum atomic E-state index is -0.910. The predicted octanol–water partition coefficient (Wildman–Crippen LogP) is 1.03. The Labute approximate surface area is 109 Å². The highest BCUT2D eigenvalue weighted by Crippen LogP contribution is 2.26. The van der Waals surface area contributed by atoms with Crippen LogP contribution in [0.5, 0.6) is 11.5 Å². The molecule has 0 radical (unpaired) electrons. The summed E-state index contributed by atoms with van der Waals surface area (Å²) in [4.78, 5) is 24.6. The molecule has 102 valence electrons. The third-order valence-electron chi connectivity index (χ3n) is 3.27. The fraction of sp³-hybridized carbons (Fsp3) is 0.385. The average molecular weight is 265 g/mol. The van der Waals surface area contributed by atoms with Crippen LogP contribution in [0.1, 0.15) is 23.2 Å². The van der Waals surface area contributed by atoms with E-state index < -0.39 is 17.8 Å². The second-order valence-corrected chi connectivity index (χ2v) is 4.63. The number of aromatic hydroxyl groups is 2. The summed E-state index contributed by atoms with van der Waals surface area (Å²) in [7, 11) is 0. The molecule has 19 heavy (non-hydrogen) atoms. The first kappa shape index (κ1) is 13.2. The fourth-order valence-electron chi connectivity index (χ4n) is 2.23. The molecule has 1 atom stereocenters. The standard InChI is InChI=1S/C13H15NO5/c15-9-3-4-10(11(16)6-9)12(17)14-5-1-2-8(7-14)13(18)19/h3-4,6,8,15-16H,1-2,5,7H2,(H,18,19)/t8-/m0/s1. The molecule has 6 nitrogen and oxygen atoms in total. The van der Waals surface area contributed by atoms with Crippen LogP contribution in [0.3, 0.4) is 0 Å². The van der Waals surface area contributed by atoms with E-state index in [2.05, 4.69) is 0 Å². The number of benzene rings is 1. The van der Waals surface area contributed by atoms with Crippen molar-refractivity contribution in [2.75, 3.05) is 13.1 Å². The maximum absolute atomic E-state index is 12.2. The number of aliphatic carboxylic acids is 1. The zero-order valence-corrected chi connectivity index (χ0v) is 10.2. The van der Waals surface area contributed by atoms with E-state index >= 15 is 0 Å². The Hall–Kier alpha value is -2.24. The molecule has 1 fully saturated rings. The van der Waals surface area contributed by atoms with Crippen molar-refractivity contribution in [3.63, 3.8) is 0 Å². The minimum Gasteiger partial charge on any atom is -0.508 e. The minimum absolute atomic E-state index is 0.0730. The van der Waals surface area contributed by atoms with Crippen LogP contribution >= 0.6 is 0 Å². The highest BCUT2D eigenvalue weighted by molar-refractivity contribution is 5.97. The summed E-state index contributed by atoms with van der Waals surface area (Å²) in [5.74, 6) is -2.31. The molecule has 3 N–H and O–H groups in total. The van der Waals surface area contributed by atoms with Crippen molar-refractivity contribution in [2.45, 2.75) is 12.8 Å². The molecule has 1 aromatic carbocycles. The van der Waals surface area contributed by atoms with Gasteiger partial charge in [0.25, 0.3) is 5.91 Å². The number of carboxylic acid groups (broad SMARTS) is 1. The van der Waals surface area contributed by atoms with Crippen LogP contribution in [0, 0.1) is 5.92 Å². The number of piperidine rings is 1. The number of likely N-dealkylation sites (tertiary alicyclic amines) is 1. The molecule has 1 saturated heterocycles. The summed E-state index contributed by atoms with van der Waals surface area (Å²) in [5.41, 5.74) is 0.0730. The summed E-state index contributed by atoms with van der Waals surface area (Å²) in [6.07, 6.45) is 1.18. The first-order chi connectivity index (χ1) is 8.99. The van der Waals surface area contributed by atoms with Crippen molar-refractivity contribution in [1.82, 2.24) is 4.90 Å². The van der Waals surface area contributed by atoms with Gasteiger partial charge in [0.15, 0.2) is 0 Å². The van der Waals surface area contributed by atoms with Crippen molar-refractivity contribution < 1.29 is 24.9 Å². The molecule has 0 saturated carbocycles. The quantitative estimate of drug-likeness (QED) is 0.742. The summed E-state index contributed by atoms with van der Waals surface area (Å²) < 4.78 is 0. The lowest BCUT2D eigenvalue weighted by atomic mass is 9.97. The fourth-order valence-corrected chi connectivity index (χ4v) is 2.23. The van der Waals surface area contributed by atoms with E-state index in [-0.39, 0.29) is 23.6 Å². The summed E-state index contributed by atoms with van der Waals surface area (Å²) >= 11 is 0. The monoisotopic (exact) mass is 265 g/mol. The van der Waals surface area contributed by atoms with Gasteiger partial charge in [-0.05, 0) is 25.0 Å². The molecule has 6 heteroatoms. The SMILES string of the molecule is O=C(O)[C@H]1CCCN(C(=O)c2ccc(O)cc2O)C1. The maximum Gasteiger partial charge on any atom is 0.308 e. The van der Waals surface area contributed by atoms with Crippen LogP contribution in [0.25, 0.3) is 0 Å². The van der Waals surface area contributed by atoms with Crippen LogP contribution in [-0.2, 0) is 4.79 Å². The number of carbonyl (C=O) groups excluding carboxylic acids is 1. The molecular weight excluding hydrogens is 250 g/mol. The van der Waals surface area contributed by atoms with Crippen molar-refractivity contribution >= 4 is 11.9 Å². The zero-order valence-electron chi connectivity index (χ0n) is 10.2. The molecular formula is C13H15NO5. The Morgan fingerprint density at radius 1 is 1.26 bits per heavy atom. The highest BCUT2D eigenvalue weighted by Gasteiger charge is 2.29. The molecule has 1 aliphatic heterocycles. The molecule has 0 unspecified atom stereocenters. The van der Waals surface area contributed by atoms with Crippen molar-refractivity contribution in [3.05, 3.63) is 23.8 Å². The van der Waals surface area contributed by atoms with Gasteiger partial charge in [0.1, 0.15) is 11.5 Å². The Bertz CT molecular complexity index is 514. The van der Waals surface area contributed by atoms with Gasteiger partial charge in [-0.2, -0.15) is 0 Å². The normalized spacial score (nSPS) is 19.2. The van der Waals surface area contributed by atoms with E-state index in [0.29, 0.717) is 19.4 Å². The lowest BCUT2D eigenvalue weighted by Gasteiger charge is -2.30. The Kier molecular flexibility index (Phi) is 3.59. The van der Waals surface area contributed by atoms with Crippen LogP contribution in [-0.4, -0.2) is 45.2 Å². The lowest BCUT2D eigenvalue weighted by Crippen LogP contribution is -2.42. The topological polar surface area (TPSA) is 98.1 Å². The molecule has 1 amide bonds. The van der Waals surface area contributed by atoms with Crippen LogP contribution in [0.15, 0.2) is 18.2 Å². The van der Waals surface area contributed by atoms with Gasteiger partial charge >= 0.3 is 5.97 Å². The number of nitrogens with zero attached hydrogens (tertiary/aromatic N) is 1. The maximum atomic E-state index is 12.2. The first-order valence-electron chi connectivity index (χ1n) is 6.03. The lowest BCUT2D eigenvalue weighted by molar-refractivity contribution is -0.143. The molecule has 0 bridgehead atoms. The Morgan fingerprint density at radius 2 is 2.00 bits per heavy atom. The third-order valence-corrected chi connectivity index (χ3v) is 3.27. The molecule has 1 heterocycles. The summed E-state index contributed by atoms with van der Waals surface area (Å²) in [6.45, 7) is 0.622. The number of hydrogen-bond acceptors (Lipinski definition) is 4. The number of phenols is 2. The van der Waals surface area contributed by atoms with Gasteiger partial charge in [-0.25, -0.2) is 0 Å². The van der Waals surface area contributed by atoms with Gasteiger partial charge in [-0.15, -0.1) is 0 Å². The number of amides is 1. The average Bonchev–Trinajstić information content (AvgIpc) is 2.38. The van der Waals surface area contributed by atoms with Gasteiger partial charge in [-0.1, -0.05) is 0 Å². The number of hydrogen-bond donors (Lipinski definition) is 3. The largest absolute Gasteiger partial charge is 0.508 e. The summed E-state index contributed by atoms with van der Waals surface area (Å²) in [6, 6.07) is 3.73. The van der Waals surface area contributed by atoms with Crippen LogP contribution < -0.4 is 0 Å². The molecule has 0 aromatic heterocycles. The van der Waals surface area contributed by atoms with E-state index in [4.69, 9.17) is 5.11 Å². The molecule has 0 aliphatic carbocycles. The summed E-state index contributed by atoms with van der Waals surface area (Å²) in [5, 5.41) is 27.8. The van der Waals surface area contributed by atoms with Gasteiger partial charge in [-0.3, -0.25) is 9.59 Å². The van der Waals surface area contributed by atoms with Crippen LogP contribution in [0.2, 0.25) is 0 Å². The van der Waals surface area contributed by atoms with Gasteiger partial charge in [0, 0.05) is 19.2 Å². The Morgan fingerprint density at radius 3 is 2.63 bits per heavy atom. The predicted molar refractivity (Wildman–Crippen MR) is 66.0 cm³/mol. The van der Waals surface area contributed by atoms with E-state index in [9.17, 15) is 19.8 Å². The zero-order chi connectivity index (χ0) is 14.0. The van der Waals surface area contributed by atoms with Crippen molar-refractivity contribution in [1.29, 1.82) is 0 Å². The van der Waals surface area contributed by atoms with Gasteiger partial charge < -0.3 is 20.2 Å². The highest BCUT2D eigenvalue weighted by atomic mass is 16.4. The van der Waals surface area contributed by atoms with Crippen molar-refractivity contribution in [3.8, 4) is 11.5 Å². The van der Waals surface area contributed by atoms with Crippen molar-refractivity contribution in [2.24, 2.45) is 5.92 Å². The van der Waals surface area contributed by atoms with Gasteiger partial charge in [0.05, 0.1) is 11.5 Å². The Balaban J connectivity index is 2.17. The number of rotatable bonds is 2. The smallest absolute Gasteiger partial charge is 0.308 e. The number of phenolic OH excluding ortho intramolecular Hbond substituents is 2. The van der Waals surface area contributed by atoms with E-state index in [0.717, 1.165) is 6.07 Å². The van der Waals surface area contributed by atoms with Crippen LogP contribution in [0.4, 0.5) is 0 Å². The first-order valence-corrected chi connectivity index (χ1v) is 6.03. The molecule has 0 spiro atoms. The van der Waals surface area contributed by atoms with E-state index in [1.54, 1.807) is 0 Å².